The maximum Gasteiger partial charge on any atom is 0.324 e. The van der Waals surface area contributed by atoms with Gasteiger partial charge in [-0.25, -0.2) is 4.79 Å². The molecule has 1 N–H and O–H groups in total. The molecule has 2 amide bonds. The van der Waals surface area contributed by atoms with Gasteiger partial charge in [-0.3, -0.25) is 9.69 Å². The molecule has 1 aromatic rings. The number of rotatable bonds is 5. The van der Waals surface area contributed by atoms with Crippen LogP contribution in [0.5, 0.6) is 5.75 Å². The lowest BCUT2D eigenvalue weighted by atomic mass is 10.3. The zero-order valence-corrected chi connectivity index (χ0v) is 11.6. The molecule has 0 aromatic heterocycles. The third-order valence-corrected chi connectivity index (χ3v) is 3.29. The molecule has 0 unspecified atom stereocenters. The summed E-state index contributed by atoms with van der Waals surface area (Å²) < 4.78 is 5.07. The molecule has 0 saturated heterocycles. The highest BCUT2D eigenvalue weighted by atomic mass is 16.5. The summed E-state index contributed by atoms with van der Waals surface area (Å²) in [6.45, 7) is -0.260. The van der Waals surface area contributed by atoms with E-state index in [1.54, 1.807) is 38.4 Å². The van der Waals surface area contributed by atoms with Crippen molar-refractivity contribution in [1.29, 1.82) is 0 Å². The summed E-state index contributed by atoms with van der Waals surface area (Å²) >= 11 is 0. The number of aliphatic carboxylic acids is 1. The third kappa shape index (κ3) is 3.20. The van der Waals surface area contributed by atoms with Crippen LogP contribution in [0.3, 0.4) is 0 Å². The second-order valence-corrected chi connectivity index (χ2v) is 4.79. The Balaban J connectivity index is 2.10. The molecule has 6 nitrogen and oxygen atoms in total. The molecule has 1 aliphatic rings. The molecule has 1 fully saturated rings. The molecular weight excluding hydrogens is 260 g/mol. The minimum atomic E-state index is -0.992. The number of anilines is 1. The summed E-state index contributed by atoms with van der Waals surface area (Å²) in [6.07, 6.45) is 1.74. The Kier molecular flexibility index (Phi) is 4.12. The minimum absolute atomic E-state index is 0.0549. The minimum Gasteiger partial charge on any atom is -0.497 e. The van der Waals surface area contributed by atoms with E-state index in [1.165, 1.54) is 9.80 Å². The van der Waals surface area contributed by atoms with Crippen molar-refractivity contribution in [1.82, 2.24) is 4.90 Å². The van der Waals surface area contributed by atoms with Gasteiger partial charge < -0.3 is 14.7 Å². The number of carboxylic acid groups (broad SMARTS) is 1. The monoisotopic (exact) mass is 278 g/mol. The number of ether oxygens (including phenoxy) is 1. The van der Waals surface area contributed by atoms with Crippen molar-refractivity contribution < 1.29 is 19.4 Å². The number of carboxylic acids is 1. The molecule has 1 aliphatic carbocycles. The van der Waals surface area contributed by atoms with Gasteiger partial charge in [-0.2, -0.15) is 0 Å². The molecule has 20 heavy (non-hydrogen) atoms. The van der Waals surface area contributed by atoms with Crippen LogP contribution in [0.15, 0.2) is 24.3 Å². The second-order valence-electron chi connectivity index (χ2n) is 4.79. The van der Waals surface area contributed by atoms with Gasteiger partial charge in [0.05, 0.1) is 7.11 Å². The molecule has 0 atom stereocenters. The summed E-state index contributed by atoms with van der Waals surface area (Å²) in [5, 5.41) is 8.90. The number of carbonyl (C=O) groups excluding carboxylic acids is 1. The molecule has 1 saturated carbocycles. The van der Waals surface area contributed by atoms with Crippen LogP contribution in [0.2, 0.25) is 0 Å². The maximum atomic E-state index is 12.4. The fourth-order valence-electron chi connectivity index (χ4n) is 1.99. The summed E-state index contributed by atoms with van der Waals surface area (Å²) in [4.78, 5) is 26.1. The lowest BCUT2D eigenvalue weighted by Gasteiger charge is -2.27. The van der Waals surface area contributed by atoms with E-state index in [1.807, 2.05) is 0 Å². The van der Waals surface area contributed by atoms with Crippen LogP contribution in [-0.4, -0.2) is 48.8 Å². The van der Waals surface area contributed by atoms with Crippen LogP contribution >= 0.6 is 0 Å². The molecule has 2 rings (SSSR count). The van der Waals surface area contributed by atoms with Crippen LogP contribution in [0.25, 0.3) is 0 Å². The predicted octanol–water partition coefficient (Wildman–Crippen LogP) is 1.80. The summed E-state index contributed by atoms with van der Waals surface area (Å²) in [5.41, 5.74) is 0.701. The Morgan fingerprint density at radius 1 is 1.30 bits per heavy atom. The van der Waals surface area contributed by atoms with Crippen molar-refractivity contribution in [2.24, 2.45) is 0 Å². The van der Waals surface area contributed by atoms with Gasteiger partial charge in [0, 0.05) is 18.8 Å². The normalized spacial score (nSPS) is 13.7. The molecule has 0 heterocycles. The van der Waals surface area contributed by atoms with Crippen molar-refractivity contribution in [3.63, 3.8) is 0 Å². The number of amides is 2. The van der Waals surface area contributed by atoms with Gasteiger partial charge in [-0.1, -0.05) is 0 Å². The first kappa shape index (κ1) is 14.2. The summed E-state index contributed by atoms with van der Waals surface area (Å²) in [5.74, 6) is -0.285. The first-order valence-electron chi connectivity index (χ1n) is 6.43. The lowest BCUT2D eigenvalue weighted by molar-refractivity contribution is -0.137. The topological polar surface area (TPSA) is 70.1 Å². The summed E-state index contributed by atoms with van der Waals surface area (Å²) in [7, 11) is 3.22. The quantitative estimate of drug-likeness (QED) is 0.891. The number of methoxy groups -OCH3 is 1. The molecule has 108 valence electrons. The highest BCUT2D eigenvalue weighted by molar-refractivity contribution is 5.93. The number of benzene rings is 1. The zero-order chi connectivity index (χ0) is 14.7. The largest absolute Gasteiger partial charge is 0.497 e. The average molecular weight is 278 g/mol. The van der Waals surface area contributed by atoms with Crippen molar-refractivity contribution in [2.75, 3.05) is 25.6 Å². The van der Waals surface area contributed by atoms with Gasteiger partial charge >= 0.3 is 12.0 Å². The fourth-order valence-corrected chi connectivity index (χ4v) is 1.99. The van der Waals surface area contributed by atoms with E-state index in [0.29, 0.717) is 11.4 Å². The van der Waals surface area contributed by atoms with E-state index in [0.717, 1.165) is 12.8 Å². The Hall–Kier alpha value is -2.24. The van der Waals surface area contributed by atoms with E-state index in [2.05, 4.69) is 0 Å². The van der Waals surface area contributed by atoms with E-state index in [4.69, 9.17) is 9.84 Å². The van der Waals surface area contributed by atoms with Crippen LogP contribution in [-0.2, 0) is 4.79 Å². The molecule has 0 bridgehead atoms. The van der Waals surface area contributed by atoms with Crippen LogP contribution in [0.1, 0.15) is 12.8 Å². The average Bonchev–Trinajstić information content (AvgIpc) is 3.27. The Morgan fingerprint density at radius 2 is 1.90 bits per heavy atom. The molecule has 0 radical (unpaired) electrons. The van der Waals surface area contributed by atoms with Gasteiger partial charge in [0.25, 0.3) is 0 Å². The predicted molar refractivity (Wildman–Crippen MR) is 74.2 cm³/mol. The Morgan fingerprint density at radius 3 is 2.35 bits per heavy atom. The lowest BCUT2D eigenvalue weighted by Crippen LogP contribution is -2.45. The third-order valence-electron chi connectivity index (χ3n) is 3.29. The summed E-state index contributed by atoms with van der Waals surface area (Å²) in [6, 6.07) is 6.82. The van der Waals surface area contributed by atoms with Crippen molar-refractivity contribution >= 4 is 17.7 Å². The molecular formula is C14H18N2O4. The SMILES string of the molecule is COc1ccc(N(C)C(=O)N(CC(=O)O)C2CC2)cc1. The molecule has 6 heteroatoms. The standard InChI is InChI=1S/C14H18N2O4/c1-15(10-5-7-12(20-2)8-6-10)14(19)16(9-13(17)18)11-3-4-11/h5-8,11H,3-4,9H2,1-2H3,(H,17,18). The zero-order valence-electron chi connectivity index (χ0n) is 11.6. The van der Waals surface area contributed by atoms with Gasteiger partial charge in [-0.15, -0.1) is 0 Å². The van der Waals surface area contributed by atoms with Gasteiger partial charge in [-0.05, 0) is 37.1 Å². The number of nitrogens with zero attached hydrogens (tertiary/aromatic N) is 2. The second kappa shape index (κ2) is 5.81. The van der Waals surface area contributed by atoms with E-state index >= 15 is 0 Å². The van der Waals surface area contributed by atoms with E-state index < -0.39 is 5.97 Å². The van der Waals surface area contributed by atoms with Crippen LogP contribution < -0.4 is 9.64 Å². The highest BCUT2D eigenvalue weighted by Crippen LogP contribution is 2.28. The molecule has 0 spiro atoms. The van der Waals surface area contributed by atoms with E-state index in [-0.39, 0.29) is 18.6 Å². The van der Waals surface area contributed by atoms with Gasteiger partial charge in [0.1, 0.15) is 12.3 Å². The van der Waals surface area contributed by atoms with Gasteiger partial charge in [0.15, 0.2) is 0 Å². The van der Waals surface area contributed by atoms with Crippen LogP contribution in [0, 0.1) is 0 Å². The van der Waals surface area contributed by atoms with Crippen LogP contribution in [0.4, 0.5) is 10.5 Å². The highest BCUT2D eigenvalue weighted by Gasteiger charge is 2.35. The number of hydrogen-bond acceptors (Lipinski definition) is 3. The number of urea groups is 1. The smallest absolute Gasteiger partial charge is 0.324 e. The first-order chi connectivity index (χ1) is 9.52. The van der Waals surface area contributed by atoms with Crippen molar-refractivity contribution in [2.45, 2.75) is 18.9 Å². The maximum absolute atomic E-state index is 12.4. The molecule has 0 aliphatic heterocycles. The van der Waals surface area contributed by atoms with E-state index in [9.17, 15) is 9.59 Å². The Labute approximate surface area is 117 Å². The van der Waals surface area contributed by atoms with Crippen molar-refractivity contribution in [3.05, 3.63) is 24.3 Å². The van der Waals surface area contributed by atoms with Gasteiger partial charge in [0.2, 0.25) is 0 Å². The fraction of sp³-hybridized carbons (Fsp3) is 0.429. The Bertz CT molecular complexity index is 496. The molecule has 1 aromatic carbocycles. The number of hydrogen-bond donors (Lipinski definition) is 1. The van der Waals surface area contributed by atoms with Crippen molar-refractivity contribution in [3.8, 4) is 5.75 Å². The number of carbonyl (C=O) groups is 2. The first-order valence-corrected chi connectivity index (χ1v) is 6.43.